The van der Waals surface area contributed by atoms with Crippen LogP contribution in [0.1, 0.15) is 24.5 Å². The molecule has 146 valence electrons. The second-order valence-corrected chi connectivity index (χ2v) is 5.85. The third-order valence-corrected chi connectivity index (χ3v) is 3.76. The Morgan fingerprint density at radius 3 is 2.57 bits per heavy atom. The van der Waals surface area contributed by atoms with Crippen LogP contribution in [0.3, 0.4) is 0 Å². The van der Waals surface area contributed by atoms with Gasteiger partial charge in [-0.1, -0.05) is 11.6 Å². The van der Waals surface area contributed by atoms with Crippen molar-refractivity contribution in [2.24, 2.45) is 0 Å². The summed E-state index contributed by atoms with van der Waals surface area (Å²) < 4.78 is 39.2. The van der Waals surface area contributed by atoms with E-state index in [0.717, 1.165) is 6.20 Å². The molecule has 0 fully saturated rings. The molecule has 3 aromatic rings. The van der Waals surface area contributed by atoms with Gasteiger partial charge in [-0.3, -0.25) is 0 Å². The van der Waals surface area contributed by atoms with Gasteiger partial charge >= 0.3 is 12.2 Å². The van der Waals surface area contributed by atoms with E-state index in [2.05, 4.69) is 35.7 Å². The summed E-state index contributed by atoms with van der Waals surface area (Å²) >= 11 is 5.80. The Morgan fingerprint density at radius 1 is 1.21 bits per heavy atom. The number of amides is 2. The van der Waals surface area contributed by atoms with E-state index in [1.165, 1.54) is 23.4 Å². The maximum absolute atomic E-state index is 12.6. The lowest BCUT2D eigenvalue weighted by molar-refractivity contribution is -0.141. The SMILES string of the molecule is CC(NC(=O)Nc1cnc(C(F)(F)F)cc1Cl)c1ncnn1-c1ncccn1. The normalized spacial score (nSPS) is 12.5. The first-order valence-corrected chi connectivity index (χ1v) is 8.11. The number of hydrogen-bond acceptors (Lipinski definition) is 6. The Hall–Kier alpha value is -3.28. The lowest BCUT2D eigenvalue weighted by Crippen LogP contribution is -2.33. The van der Waals surface area contributed by atoms with Crippen molar-refractivity contribution >= 4 is 23.3 Å². The molecule has 0 saturated heterocycles. The van der Waals surface area contributed by atoms with Gasteiger partial charge in [0, 0.05) is 12.4 Å². The van der Waals surface area contributed by atoms with E-state index in [1.54, 1.807) is 13.0 Å². The van der Waals surface area contributed by atoms with Crippen molar-refractivity contribution in [3.8, 4) is 5.95 Å². The molecule has 0 aliphatic rings. The van der Waals surface area contributed by atoms with E-state index in [4.69, 9.17) is 11.6 Å². The highest BCUT2D eigenvalue weighted by molar-refractivity contribution is 6.33. The number of alkyl halides is 3. The van der Waals surface area contributed by atoms with Crippen LogP contribution in [0.4, 0.5) is 23.7 Å². The van der Waals surface area contributed by atoms with E-state index in [-0.39, 0.29) is 16.7 Å². The van der Waals surface area contributed by atoms with E-state index in [1.807, 2.05) is 0 Å². The molecule has 0 aliphatic carbocycles. The highest BCUT2D eigenvalue weighted by Gasteiger charge is 2.33. The maximum atomic E-state index is 12.6. The number of nitrogens with zero attached hydrogens (tertiary/aromatic N) is 6. The molecule has 1 atom stereocenters. The molecule has 13 heteroatoms. The van der Waals surface area contributed by atoms with Crippen LogP contribution < -0.4 is 10.6 Å². The molecule has 28 heavy (non-hydrogen) atoms. The van der Waals surface area contributed by atoms with E-state index < -0.39 is 23.9 Å². The molecule has 3 aromatic heterocycles. The summed E-state index contributed by atoms with van der Waals surface area (Å²) in [5.74, 6) is 0.608. The number of hydrogen-bond donors (Lipinski definition) is 2. The number of anilines is 1. The monoisotopic (exact) mass is 412 g/mol. The maximum Gasteiger partial charge on any atom is 0.433 e. The summed E-state index contributed by atoms with van der Waals surface area (Å²) in [5, 5.41) is 8.63. The number of urea groups is 1. The van der Waals surface area contributed by atoms with E-state index in [0.29, 0.717) is 11.9 Å². The smallest absolute Gasteiger partial charge is 0.328 e. The first-order valence-electron chi connectivity index (χ1n) is 7.73. The predicted molar refractivity (Wildman–Crippen MR) is 91.8 cm³/mol. The average Bonchev–Trinajstić information content (AvgIpc) is 3.13. The van der Waals surface area contributed by atoms with Crippen LogP contribution in [0.2, 0.25) is 5.02 Å². The minimum atomic E-state index is -4.64. The minimum absolute atomic E-state index is 0.0766. The zero-order valence-electron chi connectivity index (χ0n) is 14.1. The quantitative estimate of drug-likeness (QED) is 0.681. The van der Waals surface area contributed by atoms with Crippen LogP contribution in [-0.4, -0.2) is 35.7 Å². The van der Waals surface area contributed by atoms with Gasteiger partial charge in [-0.2, -0.15) is 23.0 Å². The van der Waals surface area contributed by atoms with Crippen LogP contribution in [0, 0.1) is 0 Å². The molecule has 2 amide bonds. The van der Waals surface area contributed by atoms with Crippen LogP contribution in [0.15, 0.2) is 37.1 Å². The predicted octanol–water partition coefficient (Wildman–Crippen LogP) is 3.01. The first kappa shape index (κ1) is 19.5. The standard InChI is InChI=1S/C15H12ClF3N8O/c1-8(12-23-7-24-27(12)13-20-3-2-4-21-13)25-14(28)26-10-6-22-11(5-9(10)16)15(17,18)19/h2-8H,1H3,(H2,25,26,28). The Morgan fingerprint density at radius 2 is 1.93 bits per heavy atom. The van der Waals surface area contributed by atoms with Crippen LogP contribution >= 0.6 is 11.6 Å². The number of nitrogens with one attached hydrogen (secondary N) is 2. The van der Waals surface area contributed by atoms with Gasteiger partial charge in [-0.25, -0.2) is 24.7 Å². The molecule has 0 spiro atoms. The van der Waals surface area contributed by atoms with Crippen LogP contribution in [0.25, 0.3) is 5.95 Å². The van der Waals surface area contributed by atoms with Gasteiger partial charge < -0.3 is 10.6 Å². The van der Waals surface area contributed by atoms with Crippen molar-refractivity contribution in [1.29, 1.82) is 0 Å². The van der Waals surface area contributed by atoms with E-state index >= 15 is 0 Å². The van der Waals surface area contributed by atoms with Gasteiger partial charge in [0.2, 0.25) is 0 Å². The number of rotatable bonds is 4. The zero-order valence-corrected chi connectivity index (χ0v) is 14.9. The Labute approximate surface area is 161 Å². The summed E-state index contributed by atoms with van der Waals surface area (Å²) in [6, 6.07) is 0.910. The molecule has 0 aliphatic heterocycles. The Kier molecular flexibility index (Phi) is 5.40. The number of carbonyl (C=O) groups excluding carboxylic acids is 1. The highest BCUT2D eigenvalue weighted by Crippen LogP contribution is 2.31. The van der Waals surface area contributed by atoms with E-state index in [9.17, 15) is 18.0 Å². The van der Waals surface area contributed by atoms with Crippen molar-refractivity contribution in [2.45, 2.75) is 19.1 Å². The third kappa shape index (κ3) is 4.34. The molecule has 1 unspecified atom stereocenters. The molecule has 0 aromatic carbocycles. The van der Waals surface area contributed by atoms with Crippen molar-refractivity contribution in [1.82, 2.24) is 35.0 Å². The average molecular weight is 413 g/mol. The zero-order chi connectivity index (χ0) is 20.3. The van der Waals surface area contributed by atoms with Crippen LogP contribution in [-0.2, 0) is 6.18 Å². The van der Waals surface area contributed by atoms with Crippen molar-refractivity contribution in [3.63, 3.8) is 0 Å². The number of carbonyl (C=O) groups is 1. The summed E-state index contributed by atoms with van der Waals surface area (Å²) in [5.41, 5.74) is -1.24. The molecule has 3 heterocycles. The molecule has 0 saturated carbocycles. The second kappa shape index (κ2) is 7.76. The highest BCUT2D eigenvalue weighted by atomic mass is 35.5. The fourth-order valence-corrected chi connectivity index (χ4v) is 2.40. The van der Waals surface area contributed by atoms with Crippen molar-refractivity contribution in [2.75, 3.05) is 5.32 Å². The molecule has 2 N–H and O–H groups in total. The van der Waals surface area contributed by atoms with Gasteiger partial charge in [-0.05, 0) is 19.1 Å². The number of pyridine rings is 1. The molecular formula is C15H12ClF3N8O. The van der Waals surface area contributed by atoms with Gasteiger partial charge in [0.05, 0.1) is 22.9 Å². The molecule has 9 nitrogen and oxygen atoms in total. The van der Waals surface area contributed by atoms with Gasteiger partial charge in [0.1, 0.15) is 12.0 Å². The number of halogens is 4. The van der Waals surface area contributed by atoms with Gasteiger partial charge in [0.15, 0.2) is 5.82 Å². The fraction of sp³-hybridized carbons (Fsp3) is 0.200. The lowest BCUT2D eigenvalue weighted by Gasteiger charge is -2.15. The fourth-order valence-electron chi connectivity index (χ4n) is 2.20. The molecular weight excluding hydrogens is 401 g/mol. The number of aromatic nitrogens is 6. The Balaban J connectivity index is 1.70. The Bertz CT molecular complexity index is 979. The second-order valence-electron chi connectivity index (χ2n) is 5.45. The molecule has 0 radical (unpaired) electrons. The minimum Gasteiger partial charge on any atom is -0.328 e. The van der Waals surface area contributed by atoms with Gasteiger partial charge in [-0.15, -0.1) is 0 Å². The summed E-state index contributed by atoms with van der Waals surface area (Å²) in [4.78, 5) is 27.6. The van der Waals surface area contributed by atoms with Crippen LogP contribution in [0.5, 0.6) is 0 Å². The topological polar surface area (TPSA) is 111 Å². The molecule has 3 rings (SSSR count). The summed E-state index contributed by atoms with van der Waals surface area (Å²) in [6.07, 6.45) is 0.521. The third-order valence-electron chi connectivity index (χ3n) is 3.44. The van der Waals surface area contributed by atoms with Crippen molar-refractivity contribution < 1.29 is 18.0 Å². The lowest BCUT2D eigenvalue weighted by atomic mass is 10.3. The van der Waals surface area contributed by atoms with Gasteiger partial charge in [0.25, 0.3) is 5.95 Å². The first-order chi connectivity index (χ1) is 13.3. The summed E-state index contributed by atoms with van der Waals surface area (Å²) in [6.45, 7) is 1.63. The van der Waals surface area contributed by atoms with Crippen molar-refractivity contribution in [3.05, 3.63) is 53.6 Å². The molecule has 0 bridgehead atoms. The largest absolute Gasteiger partial charge is 0.433 e. The summed E-state index contributed by atoms with van der Waals surface area (Å²) in [7, 11) is 0.